The second-order valence-electron chi connectivity index (χ2n) is 10.2. The molecule has 2 aliphatic rings. The van der Waals surface area contributed by atoms with Gasteiger partial charge in [0, 0.05) is 37.1 Å². The van der Waals surface area contributed by atoms with E-state index < -0.39 is 17.7 Å². The summed E-state index contributed by atoms with van der Waals surface area (Å²) in [6.45, 7) is 5.43. The highest BCUT2D eigenvalue weighted by Gasteiger charge is 2.47. The van der Waals surface area contributed by atoms with Crippen LogP contribution in [0.1, 0.15) is 31.0 Å². The van der Waals surface area contributed by atoms with E-state index in [0.717, 1.165) is 5.69 Å². The Bertz CT molecular complexity index is 1430. The number of aliphatic hydroxyl groups excluding tert-OH is 1. The second kappa shape index (κ2) is 10.7. The fraction of sp³-hybridized carbons (Fsp3) is 0.290. The summed E-state index contributed by atoms with van der Waals surface area (Å²) < 4.78 is 17.2. The molecule has 0 spiro atoms. The Morgan fingerprint density at radius 2 is 1.72 bits per heavy atom. The molecule has 1 saturated heterocycles. The van der Waals surface area contributed by atoms with Gasteiger partial charge in [0.15, 0.2) is 11.5 Å². The van der Waals surface area contributed by atoms with Crippen molar-refractivity contribution in [2.75, 3.05) is 43.7 Å². The fourth-order valence-electron chi connectivity index (χ4n) is 4.70. The lowest BCUT2D eigenvalue weighted by molar-refractivity contribution is -0.132. The van der Waals surface area contributed by atoms with Gasteiger partial charge in [0.1, 0.15) is 24.7 Å². The number of hydrogen-bond donors (Lipinski definition) is 1. The van der Waals surface area contributed by atoms with Crippen LogP contribution >= 0.6 is 0 Å². The topological polar surface area (TPSA) is 88.5 Å². The quantitative estimate of drug-likeness (QED) is 0.257. The molecule has 1 fully saturated rings. The van der Waals surface area contributed by atoms with Gasteiger partial charge in [-0.25, -0.2) is 0 Å². The molecule has 1 amide bonds. The first kappa shape index (κ1) is 26.2. The molecule has 0 aromatic heterocycles. The van der Waals surface area contributed by atoms with Gasteiger partial charge in [0.2, 0.25) is 0 Å². The minimum atomic E-state index is -0.857. The molecule has 2 heterocycles. The van der Waals surface area contributed by atoms with Crippen LogP contribution in [0.5, 0.6) is 17.2 Å². The molecule has 0 radical (unpaired) electrons. The van der Waals surface area contributed by atoms with E-state index in [2.05, 4.69) is 0 Å². The molecule has 1 N–H and O–H groups in total. The van der Waals surface area contributed by atoms with E-state index in [-0.39, 0.29) is 11.3 Å². The smallest absolute Gasteiger partial charge is 0.300 e. The Kier molecular flexibility index (Phi) is 7.19. The molecule has 0 saturated carbocycles. The molecule has 3 aromatic carbocycles. The van der Waals surface area contributed by atoms with Crippen LogP contribution in [0.4, 0.5) is 11.4 Å². The van der Waals surface area contributed by atoms with E-state index in [4.69, 9.17) is 14.2 Å². The van der Waals surface area contributed by atoms with Crippen molar-refractivity contribution in [3.8, 4) is 17.2 Å². The van der Waals surface area contributed by atoms with Crippen LogP contribution in [-0.4, -0.2) is 50.7 Å². The first-order valence-electron chi connectivity index (χ1n) is 13.0. The summed E-state index contributed by atoms with van der Waals surface area (Å²) in [5.74, 6) is 0.207. The molecule has 0 aliphatic carbocycles. The van der Waals surface area contributed by atoms with Gasteiger partial charge in [0.25, 0.3) is 11.7 Å². The van der Waals surface area contributed by atoms with E-state index in [0.29, 0.717) is 59.8 Å². The predicted octanol–water partition coefficient (Wildman–Crippen LogP) is 5.18. The van der Waals surface area contributed by atoms with E-state index in [9.17, 15) is 14.7 Å². The Morgan fingerprint density at radius 1 is 1.00 bits per heavy atom. The Morgan fingerprint density at radius 3 is 2.41 bits per heavy atom. The monoisotopic (exact) mass is 528 g/mol. The highest BCUT2D eigenvalue weighted by Crippen LogP contribution is 2.45. The first-order chi connectivity index (χ1) is 18.7. The number of carbonyl (C=O) groups is 2. The van der Waals surface area contributed by atoms with Gasteiger partial charge in [-0.05, 0) is 47.9 Å². The van der Waals surface area contributed by atoms with Gasteiger partial charge < -0.3 is 24.2 Å². The zero-order valence-corrected chi connectivity index (χ0v) is 22.5. The zero-order chi connectivity index (χ0) is 27.7. The van der Waals surface area contributed by atoms with Crippen molar-refractivity contribution in [1.82, 2.24) is 0 Å². The Hall–Kier alpha value is -4.46. The van der Waals surface area contributed by atoms with Crippen molar-refractivity contribution in [1.29, 1.82) is 0 Å². The fourth-order valence-corrected chi connectivity index (χ4v) is 4.70. The molecule has 0 bridgehead atoms. The number of benzene rings is 3. The summed E-state index contributed by atoms with van der Waals surface area (Å²) in [6, 6.07) is 18.8. The number of nitrogens with zero attached hydrogens (tertiary/aromatic N) is 2. The average Bonchev–Trinajstić information content (AvgIpc) is 3.21. The van der Waals surface area contributed by atoms with Crippen LogP contribution in [0.25, 0.3) is 5.76 Å². The van der Waals surface area contributed by atoms with Crippen molar-refractivity contribution < 1.29 is 28.9 Å². The number of hydrogen-bond acceptors (Lipinski definition) is 7. The lowest BCUT2D eigenvalue weighted by atomic mass is 9.94. The number of carbonyl (C=O) groups excluding carboxylic acids is 2. The van der Waals surface area contributed by atoms with Gasteiger partial charge in [0.05, 0.1) is 18.2 Å². The predicted molar refractivity (Wildman–Crippen MR) is 150 cm³/mol. The van der Waals surface area contributed by atoms with Crippen LogP contribution < -0.4 is 24.0 Å². The van der Waals surface area contributed by atoms with E-state index in [1.54, 1.807) is 42.5 Å². The lowest BCUT2D eigenvalue weighted by Gasteiger charge is -2.27. The summed E-state index contributed by atoms with van der Waals surface area (Å²) in [5, 5.41) is 11.5. The maximum Gasteiger partial charge on any atom is 0.300 e. The third-order valence-electron chi connectivity index (χ3n) is 6.66. The molecule has 8 heteroatoms. The Labute approximate surface area is 228 Å². The third-order valence-corrected chi connectivity index (χ3v) is 6.66. The molecule has 5 rings (SSSR count). The molecule has 39 heavy (non-hydrogen) atoms. The third kappa shape index (κ3) is 5.14. The van der Waals surface area contributed by atoms with Crippen molar-refractivity contribution in [3.05, 3.63) is 83.4 Å². The summed E-state index contributed by atoms with van der Waals surface area (Å²) >= 11 is 0. The number of fused-ring (bicyclic) bond motifs is 1. The van der Waals surface area contributed by atoms with Crippen LogP contribution in [0.15, 0.2) is 72.3 Å². The standard InChI is InChI=1S/C31H32N2O6/c1-19(2)18-39-24-7-5-6-21(16-24)29(34)27-28(20-8-10-22(11-9-20)32(3)4)33(31(36)30(27)35)23-12-13-25-26(17-23)38-15-14-37-25/h5-13,16-17,19,28,34H,14-15,18H2,1-4H3/b29-27+. The number of Topliss-reactive ketones (excluding diaryl/α,β-unsaturated/α-hetero) is 1. The number of ether oxygens (including phenoxy) is 3. The highest BCUT2D eigenvalue weighted by atomic mass is 16.6. The second-order valence-corrected chi connectivity index (χ2v) is 10.2. The van der Waals surface area contributed by atoms with E-state index >= 15 is 0 Å². The minimum Gasteiger partial charge on any atom is -0.507 e. The minimum absolute atomic E-state index is 0.00787. The molecule has 2 aliphatic heterocycles. The largest absolute Gasteiger partial charge is 0.507 e. The van der Waals surface area contributed by atoms with Crippen molar-refractivity contribution >= 4 is 28.8 Å². The summed E-state index contributed by atoms with van der Waals surface area (Å²) in [4.78, 5) is 30.5. The highest BCUT2D eigenvalue weighted by molar-refractivity contribution is 6.51. The molecule has 202 valence electrons. The normalized spacial score (nSPS) is 18.0. The molecule has 1 atom stereocenters. The van der Waals surface area contributed by atoms with Crippen LogP contribution in [0.3, 0.4) is 0 Å². The zero-order valence-electron chi connectivity index (χ0n) is 22.5. The number of amides is 1. The van der Waals surface area contributed by atoms with Crippen LogP contribution in [0, 0.1) is 5.92 Å². The van der Waals surface area contributed by atoms with Crippen LogP contribution in [0.2, 0.25) is 0 Å². The number of ketones is 1. The molecule has 3 aromatic rings. The first-order valence-corrected chi connectivity index (χ1v) is 13.0. The van der Waals surface area contributed by atoms with Gasteiger partial charge in [-0.1, -0.05) is 38.1 Å². The van der Waals surface area contributed by atoms with Gasteiger partial charge in [-0.2, -0.15) is 0 Å². The Balaban J connectivity index is 1.63. The number of anilines is 2. The van der Waals surface area contributed by atoms with Crippen molar-refractivity contribution in [2.24, 2.45) is 5.92 Å². The van der Waals surface area contributed by atoms with Gasteiger partial charge in [-0.3, -0.25) is 14.5 Å². The maximum atomic E-state index is 13.5. The molecule has 8 nitrogen and oxygen atoms in total. The average molecular weight is 529 g/mol. The SMILES string of the molecule is CC(C)COc1cccc(/C(O)=C2\C(=O)C(=O)N(c3ccc4c(c3)OCCO4)C2c2ccc(N(C)C)cc2)c1. The number of aliphatic hydroxyl groups is 1. The van der Waals surface area contributed by atoms with Gasteiger partial charge in [-0.15, -0.1) is 0 Å². The lowest BCUT2D eigenvalue weighted by Crippen LogP contribution is -2.29. The van der Waals surface area contributed by atoms with Crippen LogP contribution in [-0.2, 0) is 9.59 Å². The summed E-state index contributed by atoms with van der Waals surface area (Å²) in [7, 11) is 3.87. The molecular weight excluding hydrogens is 496 g/mol. The van der Waals surface area contributed by atoms with Gasteiger partial charge >= 0.3 is 0 Å². The maximum absolute atomic E-state index is 13.5. The summed E-state index contributed by atoms with van der Waals surface area (Å²) in [5.41, 5.74) is 2.52. The van der Waals surface area contributed by atoms with Crippen molar-refractivity contribution in [3.63, 3.8) is 0 Å². The van der Waals surface area contributed by atoms with Crippen molar-refractivity contribution in [2.45, 2.75) is 19.9 Å². The molecule has 1 unspecified atom stereocenters. The van der Waals surface area contributed by atoms with E-state index in [1.165, 1.54) is 4.90 Å². The molecular formula is C31H32N2O6. The van der Waals surface area contributed by atoms with E-state index in [1.807, 2.05) is 57.1 Å². The number of rotatable bonds is 7. The summed E-state index contributed by atoms with van der Waals surface area (Å²) in [6.07, 6.45) is 0.